The van der Waals surface area contributed by atoms with E-state index in [4.69, 9.17) is 5.11 Å². The van der Waals surface area contributed by atoms with Crippen LogP contribution in [-0.4, -0.2) is 35.0 Å². The van der Waals surface area contributed by atoms with Crippen molar-refractivity contribution in [3.8, 4) is 0 Å². The zero-order valence-corrected chi connectivity index (χ0v) is 18.8. The van der Waals surface area contributed by atoms with Gasteiger partial charge in [0.15, 0.2) is 0 Å². The number of amides is 1. The van der Waals surface area contributed by atoms with E-state index in [0.29, 0.717) is 12.8 Å². The number of thioether (sulfide) groups is 1. The molecule has 0 aromatic heterocycles. The standard InChI is InChI=1S/C23H41NO3S/c1-3-4-5-6-7-8-9-10-11-12-13-14-15-16-17-18-22(25)24-21(23(26)27)19-20-28-2/h7-8,10-11,21H,3-6,9,12-20H2,1-2H3,(H,24,25)(H,26,27)/t21-/m0/s1. The van der Waals surface area contributed by atoms with Crippen LogP contribution in [0.1, 0.15) is 90.4 Å². The van der Waals surface area contributed by atoms with Gasteiger partial charge in [-0.25, -0.2) is 4.79 Å². The first-order valence-electron chi connectivity index (χ1n) is 10.9. The van der Waals surface area contributed by atoms with Crippen molar-refractivity contribution in [3.63, 3.8) is 0 Å². The smallest absolute Gasteiger partial charge is 0.326 e. The van der Waals surface area contributed by atoms with Crippen LogP contribution in [0.5, 0.6) is 0 Å². The largest absolute Gasteiger partial charge is 0.480 e. The Balaban J connectivity index is 3.54. The van der Waals surface area contributed by atoms with Crippen LogP contribution in [0, 0.1) is 0 Å². The highest BCUT2D eigenvalue weighted by atomic mass is 32.2. The first-order chi connectivity index (χ1) is 13.6. The summed E-state index contributed by atoms with van der Waals surface area (Å²) in [5.41, 5.74) is 0. The summed E-state index contributed by atoms with van der Waals surface area (Å²) < 4.78 is 0. The molecule has 2 N–H and O–H groups in total. The van der Waals surface area contributed by atoms with Crippen molar-refractivity contribution >= 4 is 23.6 Å². The van der Waals surface area contributed by atoms with Gasteiger partial charge in [-0.3, -0.25) is 4.79 Å². The Labute approximate surface area is 176 Å². The molecular formula is C23H41NO3S. The quantitative estimate of drug-likeness (QED) is 0.198. The average Bonchev–Trinajstić information content (AvgIpc) is 2.67. The molecule has 28 heavy (non-hydrogen) atoms. The molecule has 4 nitrogen and oxygen atoms in total. The average molecular weight is 412 g/mol. The topological polar surface area (TPSA) is 66.4 Å². The van der Waals surface area contributed by atoms with Gasteiger partial charge in [0.05, 0.1) is 0 Å². The predicted octanol–water partition coefficient (Wildman–Crippen LogP) is 6.12. The molecule has 0 aliphatic carbocycles. The molecule has 0 saturated carbocycles. The number of carbonyl (C=O) groups excluding carboxylic acids is 1. The summed E-state index contributed by atoms with van der Waals surface area (Å²) in [5.74, 6) is -0.345. The molecule has 0 aliphatic heterocycles. The summed E-state index contributed by atoms with van der Waals surface area (Å²) in [6.07, 6.45) is 24.5. The Hall–Kier alpha value is -1.23. The van der Waals surface area contributed by atoms with Gasteiger partial charge in [-0.05, 0) is 57.0 Å². The van der Waals surface area contributed by atoms with Crippen molar-refractivity contribution in [2.45, 2.75) is 96.4 Å². The van der Waals surface area contributed by atoms with E-state index in [0.717, 1.165) is 37.9 Å². The molecule has 0 unspecified atom stereocenters. The van der Waals surface area contributed by atoms with E-state index in [1.54, 1.807) is 11.8 Å². The fourth-order valence-electron chi connectivity index (χ4n) is 2.86. The zero-order chi connectivity index (χ0) is 20.9. The summed E-state index contributed by atoms with van der Waals surface area (Å²) in [6, 6.07) is -0.752. The molecule has 0 rings (SSSR count). The van der Waals surface area contributed by atoms with Crippen molar-refractivity contribution in [1.82, 2.24) is 5.32 Å². The third kappa shape index (κ3) is 18.1. The number of hydrogen-bond donors (Lipinski definition) is 2. The second-order valence-corrected chi connectivity index (χ2v) is 8.21. The minimum Gasteiger partial charge on any atom is -0.480 e. The van der Waals surface area contributed by atoms with Crippen LogP contribution in [0.3, 0.4) is 0 Å². The lowest BCUT2D eigenvalue weighted by Crippen LogP contribution is -2.41. The summed E-state index contributed by atoms with van der Waals surface area (Å²) in [6.45, 7) is 2.23. The van der Waals surface area contributed by atoms with E-state index in [1.807, 2.05) is 6.26 Å². The van der Waals surface area contributed by atoms with Gasteiger partial charge in [-0.1, -0.05) is 63.3 Å². The minimum absolute atomic E-state index is 0.140. The molecule has 5 heteroatoms. The molecule has 0 fully saturated rings. The second-order valence-electron chi connectivity index (χ2n) is 7.22. The monoisotopic (exact) mass is 411 g/mol. The molecule has 0 bridgehead atoms. The molecule has 0 aromatic carbocycles. The van der Waals surface area contributed by atoms with E-state index < -0.39 is 12.0 Å². The molecule has 0 spiro atoms. The highest BCUT2D eigenvalue weighted by Crippen LogP contribution is 2.09. The Morgan fingerprint density at radius 3 is 2.14 bits per heavy atom. The number of rotatable bonds is 19. The van der Waals surface area contributed by atoms with Gasteiger partial charge < -0.3 is 10.4 Å². The van der Waals surface area contributed by atoms with Crippen LogP contribution < -0.4 is 5.32 Å². The van der Waals surface area contributed by atoms with E-state index in [-0.39, 0.29) is 5.91 Å². The van der Waals surface area contributed by atoms with E-state index in [2.05, 4.69) is 36.5 Å². The van der Waals surface area contributed by atoms with Gasteiger partial charge >= 0.3 is 5.97 Å². The SMILES string of the molecule is CCCCCC=CCC=CCCCCCCCC(=O)N[C@@H](CCSC)C(=O)O. The molecule has 0 aliphatic rings. The van der Waals surface area contributed by atoms with Gasteiger partial charge in [0.25, 0.3) is 0 Å². The van der Waals surface area contributed by atoms with Crippen LogP contribution in [0.25, 0.3) is 0 Å². The minimum atomic E-state index is -0.942. The summed E-state index contributed by atoms with van der Waals surface area (Å²) in [5, 5.41) is 11.8. The highest BCUT2D eigenvalue weighted by molar-refractivity contribution is 7.98. The lowest BCUT2D eigenvalue weighted by Gasteiger charge is -2.13. The number of allylic oxidation sites excluding steroid dienone is 4. The summed E-state index contributed by atoms with van der Waals surface area (Å²) in [7, 11) is 0. The van der Waals surface area contributed by atoms with Crippen LogP contribution in [0.4, 0.5) is 0 Å². The lowest BCUT2D eigenvalue weighted by molar-refractivity contribution is -0.141. The maximum Gasteiger partial charge on any atom is 0.326 e. The summed E-state index contributed by atoms with van der Waals surface area (Å²) >= 11 is 1.59. The number of hydrogen-bond acceptors (Lipinski definition) is 3. The molecule has 0 aromatic rings. The summed E-state index contributed by atoms with van der Waals surface area (Å²) in [4.78, 5) is 23.0. The van der Waals surface area contributed by atoms with Crippen molar-refractivity contribution in [2.24, 2.45) is 0 Å². The first kappa shape index (κ1) is 26.8. The Kier molecular flexibility index (Phi) is 19.6. The van der Waals surface area contributed by atoms with Crippen molar-refractivity contribution in [2.75, 3.05) is 12.0 Å². The van der Waals surface area contributed by atoms with Crippen molar-refractivity contribution in [1.29, 1.82) is 0 Å². The number of nitrogens with one attached hydrogen (secondary N) is 1. The molecule has 162 valence electrons. The van der Waals surface area contributed by atoms with Crippen molar-refractivity contribution in [3.05, 3.63) is 24.3 Å². The Morgan fingerprint density at radius 2 is 1.54 bits per heavy atom. The predicted molar refractivity (Wildman–Crippen MR) is 122 cm³/mol. The van der Waals surface area contributed by atoms with Crippen LogP contribution in [0.15, 0.2) is 24.3 Å². The zero-order valence-electron chi connectivity index (χ0n) is 18.0. The number of unbranched alkanes of at least 4 members (excludes halogenated alkanes) is 8. The van der Waals surface area contributed by atoms with Crippen LogP contribution in [0.2, 0.25) is 0 Å². The van der Waals surface area contributed by atoms with Gasteiger partial charge in [-0.15, -0.1) is 0 Å². The number of carboxylic acid groups (broad SMARTS) is 1. The third-order valence-electron chi connectivity index (χ3n) is 4.60. The Bertz CT molecular complexity index is 449. The molecule has 1 amide bonds. The third-order valence-corrected chi connectivity index (χ3v) is 5.24. The van der Waals surface area contributed by atoms with E-state index in [9.17, 15) is 9.59 Å². The molecule has 0 saturated heterocycles. The first-order valence-corrected chi connectivity index (χ1v) is 12.3. The number of aliphatic carboxylic acids is 1. The molecule has 1 atom stereocenters. The number of carbonyl (C=O) groups is 2. The molecular weight excluding hydrogens is 370 g/mol. The van der Waals surface area contributed by atoms with Crippen molar-refractivity contribution < 1.29 is 14.7 Å². The highest BCUT2D eigenvalue weighted by Gasteiger charge is 2.18. The Morgan fingerprint density at radius 1 is 0.929 bits per heavy atom. The van der Waals surface area contributed by atoms with Gasteiger partial charge in [-0.2, -0.15) is 11.8 Å². The van der Waals surface area contributed by atoms with Crippen LogP contribution in [-0.2, 0) is 9.59 Å². The lowest BCUT2D eigenvalue weighted by atomic mass is 10.1. The molecule has 0 heterocycles. The number of carboxylic acids is 1. The molecule has 0 radical (unpaired) electrons. The van der Waals surface area contributed by atoms with E-state index >= 15 is 0 Å². The van der Waals surface area contributed by atoms with Gasteiger partial charge in [0.2, 0.25) is 5.91 Å². The van der Waals surface area contributed by atoms with Gasteiger partial charge in [0, 0.05) is 6.42 Å². The fraction of sp³-hybridized carbons (Fsp3) is 0.739. The normalized spacial score (nSPS) is 12.6. The maximum absolute atomic E-state index is 11.9. The van der Waals surface area contributed by atoms with Gasteiger partial charge in [0.1, 0.15) is 6.04 Å². The fourth-order valence-corrected chi connectivity index (χ4v) is 3.33. The maximum atomic E-state index is 11.9. The van der Waals surface area contributed by atoms with Crippen LogP contribution >= 0.6 is 11.8 Å². The van der Waals surface area contributed by atoms with E-state index in [1.165, 1.54) is 38.5 Å². The second kappa shape index (κ2) is 20.5.